The van der Waals surface area contributed by atoms with Crippen molar-refractivity contribution in [3.63, 3.8) is 0 Å². The number of likely N-dealkylation sites (tertiary alicyclic amines) is 1. The number of hydrogen-bond acceptors (Lipinski definition) is 3. The Hall–Kier alpha value is -0.900. The average molecular weight is 301 g/mol. The molecule has 2 aliphatic heterocycles. The van der Waals surface area contributed by atoms with E-state index in [2.05, 4.69) is 46.0 Å². The number of rotatable bonds is 5. The zero-order chi connectivity index (χ0) is 15.2. The van der Waals surface area contributed by atoms with Crippen molar-refractivity contribution in [2.45, 2.75) is 32.2 Å². The fraction of sp³-hybridized carbons (Fsp3) is 0.684. The molecule has 3 rings (SSSR count). The average Bonchev–Trinajstić information content (AvgIpc) is 2.57. The molecule has 0 aliphatic carbocycles. The van der Waals surface area contributed by atoms with Gasteiger partial charge in [0, 0.05) is 39.3 Å². The molecule has 1 aromatic rings. The maximum absolute atomic E-state index is 2.60. The van der Waals surface area contributed by atoms with Crippen molar-refractivity contribution in [3.8, 4) is 0 Å². The van der Waals surface area contributed by atoms with Crippen molar-refractivity contribution in [1.82, 2.24) is 14.7 Å². The molecule has 0 unspecified atom stereocenters. The number of piperidine rings is 1. The monoisotopic (exact) mass is 301 g/mol. The summed E-state index contributed by atoms with van der Waals surface area (Å²) in [5.74, 6) is 0. The first-order chi connectivity index (χ1) is 10.8. The van der Waals surface area contributed by atoms with Gasteiger partial charge in [0.05, 0.1) is 0 Å². The Morgan fingerprint density at radius 1 is 0.727 bits per heavy atom. The third-order valence-electron chi connectivity index (χ3n) is 5.19. The zero-order valence-electron chi connectivity index (χ0n) is 14.1. The van der Waals surface area contributed by atoms with Crippen LogP contribution >= 0.6 is 0 Å². The van der Waals surface area contributed by atoms with E-state index in [1.54, 1.807) is 0 Å². The predicted octanol–water partition coefficient (Wildman–Crippen LogP) is 2.46. The highest BCUT2D eigenvalue weighted by Crippen LogP contribution is 2.14. The van der Waals surface area contributed by atoms with Gasteiger partial charge in [-0.25, -0.2) is 0 Å². The molecule has 2 heterocycles. The number of likely N-dealkylation sites (N-methyl/N-ethyl adjacent to an activating group) is 1. The Labute approximate surface area is 135 Å². The lowest BCUT2D eigenvalue weighted by Gasteiger charge is -2.32. The predicted molar refractivity (Wildman–Crippen MR) is 93.2 cm³/mol. The van der Waals surface area contributed by atoms with E-state index in [1.807, 2.05) is 0 Å². The van der Waals surface area contributed by atoms with Gasteiger partial charge in [-0.2, -0.15) is 0 Å². The third-order valence-corrected chi connectivity index (χ3v) is 5.19. The van der Waals surface area contributed by atoms with Gasteiger partial charge < -0.3 is 9.80 Å². The highest BCUT2D eigenvalue weighted by molar-refractivity contribution is 5.22. The highest BCUT2D eigenvalue weighted by Gasteiger charge is 2.13. The van der Waals surface area contributed by atoms with Crippen molar-refractivity contribution >= 4 is 0 Å². The van der Waals surface area contributed by atoms with Crippen molar-refractivity contribution in [2.75, 3.05) is 52.9 Å². The van der Waals surface area contributed by atoms with Crippen molar-refractivity contribution in [2.24, 2.45) is 0 Å². The van der Waals surface area contributed by atoms with Crippen molar-refractivity contribution in [1.29, 1.82) is 0 Å². The van der Waals surface area contributed by atoms with Gasteiger partial charge in [-0.15, -0.1) is 0 Å². The van der Waals surface area contributed by atoms with Gasteiger partial charge in [0.25, 0.3) is 0 Å². The van der Waals surface area contributed by atoms with Crippen LogP contribution in [0, 0.1) is 0 Å². The number of benzene rings is 1. The molecule has 0 N–H and O–H groups in total. The van der Waals surface area contributed by atoms with Gasteiger partial charge in [-0.05, 0) is 50.5 Å². The van der Waals surface area contributed by atoms with Crippen LogP contribution in [0.4, 0.5) is 0 Å². The molecule has 22 heavy (non-hydrogen) atoms. The molecule has 0 saturated carbocycles. The molecule has 2 fully saturated rings. The summed E-state index contributed by atoms with van der Waals surface area (Å²) in [6.07, 6.45) is 5.36. The van der Waals surface area contributed by atoms with E-state index >= 15 is 0 Å². The van der Waals surface area contributed by atoms with Crippen molar-refractivity contribution < 1.29 is 0 Å². The molecular weight excluding hydrogens is 270 g/mol. The molecule has 1 aromatic carbocycles. The largest absolute Gasteiger partial charge is 0.304 e. The van der Waals surface area contributed by atoms with Crippen LogP contribution in [0.2, 0.25) is 0 Å². The minimum atomic E-state index is 1.14. The second-order valence-electron chi connectivity index (χ2n) is 7.05. The Bertz CT molecular complexity index is 428. The molecule has 3 heteroatoms. The summed E-state index contributed by atoms with van der Waals surface area (Å²) in [7, 11) is 2.22. The Morgan fingerprint density at radius 2 is 1.36 bits per heavy atom. The quantitative estimate of drug-likeness (QED) is 0.827. The summed E-state index contributed by atoms with van der Waals surface area (Å²) < 4.78 is 0. The minimum absolute atomic E-state index is 1.14. The molecule has 0 aromatic heterocycles. The zero-order valence-corrected chi connectivity index (χ0v) is 14.1. The van der Waals surface area contributed by atoms with Gasteiger partial charge in [-0.3, -0.25) is 4.90 Å². The minimum Gasteiger partial charge on any atom is -0.304 e. The first-order valence-corrected chi connectivity index (χ1v) is 9.01. The maximum atomic E-state index is 2.60. The first kappa shape index (κ1) is 16.0. The van der Waals surface area contributed by atoms with E-state index in [9.17, 15) is 0 Å². The van der Waals surface area contributed by atoms with Crippen molar-refractivity contribution in [3.05, 3.63) is 35.4 Å². The number of hydrogen-bond donors (Lipinski definition) is 0. The Balaban J connectivity index is 1.43. The molecule has 0 radical (unpaired) electrons. The Morgan fingerprint density at radius 3 is 2.05 bits per heavy atom. The second kappa shape index (κ2) is 8.09. The summed E-state index contributed by atoms with van der Waals surface area (Å²) >= 11 is 0. The summed E-state index contributed by atoms with van der Waals surface area (Å²) in [6, 6.07) is 9.37. The fourth-order valence-electron chi connectivity index (χ4n) is 3.55. The van der Waals surface area contributed by atoms with Crippen LogP contribution in [0.25, 0.3) is 0 Å². The van der Waals surface area contributed by atoms with Crippen LogP contribution in [0.1, 0.15) is 30.4 Å². The molecule has 2 aliphatic rings. The van der Waals surface area contributed by atoms with Crippen LogP contribution in [0.5, 0.6) is 0 Å². The van der Waals surface area contributed by atoms with Gasteiger partial charge in [0.1, 0.15) is 0 Å². The van der Waals surface area contributed by atoms with Crippen LogP contribution in [-0.2, 0) is 13.0 Å². The SMILES string of the molecule is CN1CCN(CCc2ccc(CN3CCCCC3)cc2)CC1. The second-order valence-corrected chi connectivity index (χ2v) is 7.05. The van der Waals surface area contributed by atoms with E-state index < -0.39 is 0 Å². The molecule has 122 valence electrons. The lowest BCUT2D eigenvalue weighted by atomic mass is 10.1. The summed E-state index contributed by atoms with van der Waals surface area (Å²) in [6.45, 7) is 9.80. The smallest absolute Gasteiger partial charge is 0.0233 e. The topological polar surface area (TPSA) is 9.72 Å². The van der Waals surface area contributed by atoms with E-state index in [-0.39, 0.29) is 0 Å². The molecule has 0 atom stereocenters. The van der Waals surface area contributed by atoms with Crippen LogP contribution in [-0.4, -0.2) is 67.6 Å². The molecular formula is C19H31N3. The lowest BCUT2D eigenvalue weighted by molar-refractivity contribution is 0.155. The molecule has 2 saturated heterocycles. The lowest BCUT2D eigenvalue weighted by Crippen LogP contribution is -2.45. The maximum Gasteiger partial charge on any atom is 0.0233 e. The third kappa shape index (κ3) is 4.80. The number of nitrogens with zero attached hydrogens (tertiary/aromatic N) is 3. The van der Waals surface area contributed by atoms with Gasteiger partial charge in [0.15, 0.2) is 0 Å². The van der Waals surface area contributed by atoms with E-state index in [0.717, 1.165) is 6.54 Å². The van der Waals surface area contributed by atoms with Gasteiger partial charge in [0.2, 0.25) is 0 Å². The molecule has 0 bridgehead atoms. The fourth-order valence-corrected chi connectivity index (χ4v) is 3.55. The van der Waals surface area contributed by atoms with Gasteiger partial charge in [-0.1, -0.05) is 30.7 Å². The van der Waals surface area contributed by atoms with E-state index in [4.69, 9.17) is 0 Å². The molecule has 0 amide bonds. The van der Waals surface area contributed by atoms with Gasteiger partial charge >= 0.3 is 0 Å². The Kier molecular flexibility index (Phi) is 5.88. The normalized spacial score (nSPS) is 22.0. The molecule has 3 nitrogen and oxygen atoms in total. The highest BCUT2D eigenvalue weighted by atomic mass is 15.2. The van der Waals surface area contributed by atoms with Crippen LogP contribution in [0.3, 0.4) is 0 Å². The van der Waals surface area contributed by atoms with E-state index in [0.29, 0.717) is 0 Å². The first-order valence-electron chi connectivity index (χ1n) is 9.01. The summed E-state index contributed by atoms with van der Waals surface area (Å²) in [5, 5.41) is 0. The standard InChI is InChI=1S/C19H31N3/c1-20-13-15-21(16-14-20)12-9-18-5-7-19(8-6-18)17-22-10-3-2-4-11-22/h5-8H,2-4,9-17H2,1H3. The summed E-state index contributed by atoms with van der Waals surface area (Å²) in [5.41, 5.74) is 2.96. The van der Waals surface area contributed by atoms with Crippen LogP contribution < -0.4 is 0 Å². The summed E-state index contributed by atoms with van der Waals surface area (Å²) in [4.78, 5) is 7.62. The molecule has 0 spiro atoms. The van der Waals surface area contributed by atoms with E-state index in [1.165, 1.54) is 82.6 Å². The van der Waals surface area contributed by atoms with Crippen LogP contribution in [0.15, 0.2) is 24.3 Å². The number of piperazine rings is 1.